The van der Waals surface area contributed by atoms with Crippen LogP contribution >= 0.6 is 0 Å². The van der Waals surface area contributed by atoms with E-state index < -0.39 is 29.8 Å². The smallest absolute Gasteiger partial charge is 0.251 e. The van der Waals surface area contributed by atoms with E-state index in [-0.39, 0.29) is 36.3 Å². The fraction of sp³-hybridized carbons (Fsp3) is 0.429. The molecule has 1 aliphatic rings. The van der Waals surface area contributed by atoms with Crippen LogP contribution in [0.4, 0.5) is 0 Å². The maximum Gasteiger partial charge on any atom is 0.251 e. The van der Waals surface area contributed by atoms with Crippen LogP contribution < -0.4 is 16.0 Å². The zero-order valence-corrected chi connectivity index (χ0v) is 30.9. The molecule has 0 unspecified atom stereocenters. The lowest BCUT2D eigenvalue weighted by Crippen LogP contribution is -2.60. The maximum absolute atomic E-state index is 14.0. The van der Waals surface area contributed by atoms with Crippen molar-refractivity contribution in [1.82, 2.24) is 25.8 Å². The molecule has 52 heavy (non-hydrogen) atoms. The lowest BCUT2D eigenvalue weighted by atomic mass is 9.94. The van der Waals surface area contributed by atoms with Crippen LogP contribution in [0.5, 0.6) is 0 Å². The first-order chi connectivity index (χ1) is 24.9. The number of ether oxygens (including phenoxy) is 1. The number of likely N-dealkylation sites (tertiary alicyclic amines) is 1. The molecule has 0 radical (unpaired) electrons. The first kappa shape index (κ1) is 38.6. The zero-order chi connectivity index (χ0) is 37.3. The summed E-state index contributed by atoms with van der Waals surface area (Å²) in [5, 5.41) is 23.0. The van der Waals surface area contributed by atoms with Crippen LogP contribution in [0.2, 0.25) is 0 Å². The van der Waals surface area contributed by atoms with Gasteiger partial charge in [-0.1, -0.05) is 74.5 Å². The number of hydrogen-bond donors (Lipinski definition) is 4. The molecule has 276 valence electrons. The highest BCUT2D eigenvalue weighted by Crippen LogP contribution is 2.24. The summed E-state index contributed by atoms with van der Waals surface area (Å²) in [6.07, 6.45) is 3.81. The fourth-order valence-electron chi connectivity index (χ4n) is 6.65. The second kappa shape index (κ2) is 17.7. The number of piperidine rings is 1. The van der Waals surface area contributed by atoms with Gasteiger partial charge in [0.05, 0.1) is 30.9 Å². The third-order valence-corrected chi connectivity index (χ3v) is 9.46. The summed E-state index contributed by atoms with van der Waals surface area (Å²) in [6.45, 7) is 10.7. The number of benzene rings is 3. The van der Waals surface area contributed by atoms with E-state index in [9.17, 15) is 19.5 Å². The number of hydrogen-bond acceptors (Lipinski definition) is 7. The first-order valence-corrected chi connectivity index (χ1v) is 18.2. The van der Waals surface area contributed by atoms with Crippen LogP contribution in [-0.4, -0.2) is 81.7 Å². The highest BCUT2D eigenvalue weighted by atomic mass is 16.5. The summed E-state index contributed by atoms with van der Waals surface area (Å²) in [7, 11) is 0. The predicted octanol–water partition coefficient (Wildman–Crippen LogP) is 5.04. The van der Waals surface area contributed by atoms with Crippen molar-refractivity contribution in [2.45, 2.75) is 96.4 Å². The maximum atomic E-state index is 14.0. The molecule has 3 aromatic carbocycles. The van der Waals surface area contributed by atoms with Gasteiger partial charge in [0.2, 0.25) is 11.8 Å². The Bertz CT molecular complexity index is 1780. The van der Waals surface area contributed by atoms with E-state index in [2.05, 4.69) is 20.9 Å². The van der Waals surface area contributed by atoms with Crippen LogP contribution in [0, 0.1) is 5.92 Å². The molecule has 0 aliphatic carbocycles. The highest BCUT2D eigenvalue weighted by Gasteiger charge is 2.38. The molecule has 0 bridgehead atoms. The monoisotopic (exact) mass is 707 g/mol. The van der Waals surface area contributed by atoms with Gasteiger partial charge in [0.25, 0.3) is 5.91 Å². The second-order valence-electron chi connectivity index (χ2n) is 15.2. The minimum Gasteiger partial charge on any atom is -0.390 e. The number of amides is 3. The molecule has 10 heteroatoms. The van der Waals surface area contributed by atoms with E-state index in [4.69, 9.17) is 4.74 Å². The number of nitrogens with zero attached hydrogens (tertiary/aromatic N) is 2. The predicted molar refractivity (Wildman–Crippen MR) is 203 cm³/mol. The Kier molecular flexibility index (Phi) is 13.2. The van der Waals surface area contributed by atoms with Crippen LogP contribution in [0.15, 0.2) is 97.3 Å². The molecule has 0 saturated carbocycles. The molecule has 5 atom stereocenters. The third-order valence-electron chi connectivity index (χ3n) is 9.46. The molecule has 10 nitrogen and oxygen atoms in total. The SMILES string of the molecule is CC(C)[C@H](NC(=O)c1ccc2ccccc2c1)C(=O)N[C@@H](Cc1ccccc1)[C@H](O)CN1CC[C@@H](OCc2ccncc2)C[C@H]1C(=O)NC(C)(C)C. The van der Waals surface area contributed by atoms with Gasteiger partial charge in [-0.05, 0) is 92.1 Å². The fourth-order valence-corrected chi connectivity index (χ4v) is 6.65. The summed E-state index contributed by atoms with van der Waals surface area (Å²) in [4.78, 5) is 47.2. The van der Waals surface area contributed by atoms with Crippen molar-refractivity contribution in [1.29, 1.82) is 0 Å². The molecule has 5 rings (SSSR count). The molecular formula is C42H53N5O5. The van der Waals surface area contributed by atoms with Gasteiger partial charge in [0.1, 0.15) is 6.04 Å². The van der Waals surface area contributed by atoms with Gasteiger partial charge in [-0.15, -0.1) is 0 Å². The van der Waals surface area contributed by atoms with Crippen LogP contribution in [0.1, 0.15) is 68.9 Å². The van der Waals surface area contributed by atoms with Crippen molar-refractivity contribution in [3.8, 4) is 0 Å². The summed E-state index contributed by atoms with van der Waals surface area (Å²) in [5.41, 5.74) is 1.97. The number of fused-ring (bicyclic) bond motifs is 1. The summed E-state index contributed by atoms with van der Waals surface area (Å²) in [6, 6.07) is 24.7. The molecule has 3 amide bonds. The molecule has 2 heterocycles. The van der Waals surface area contributed by atoms with Crippen molar-refractivity contribution in [2.75, 3.05) is 13.1 Å². The van der Waals surface area contributed by atoms with Gasteiger partial charge in [-0.25, -0.2) is 0 Å². The van der Waals surface area contributed by atoms with E-state index in [1.54, 1.807) is 18.5 Å². The number of β-amino-alcohol motifs (C(OH)–C–C–N with tert-alkyl or cyclic N) is 1. The number of rotatable bonds is 14. The van der Waals surface area contributed by atoms with Gasteiger partial charge in [0, 0.05) is 36.6 Å². The van der Waals surface area contributed by atoms with Gasteiger partial charge in [0.15, 0.2) is 0 Å². The quantitative estimate of drug-likeness (QED) is 0.144. The van der Waals surface area contributed by atoms with Gasteiger partial charge >= 0.3 is 0 Å². The van der Waals surface area contributed by atoms with Gasteiger partial charge in [-0.3, -0.25) is 24.3 Å². The van der Waals surface area contributed by atoms with Crippen molar-refractivity contribution >= 4 is 28.5 Å². The Morgan fingerprint density at radius 1 is 0.904 bits per heavy atom. The Balaban J connectivity index is 1.31. The van der Waals surface area contributed by atoms with Crippen LogP contribution in [0.25, 0.3) is 10.8 Å². The summed E-state index contributed by atoms with van der Waals surface area (Å²) < 4.78 is 6.26. The molecule has 4 N–H and O–H groups in total. The number of aromatic nitrogens is 1. The van der Waals surface area contributed by atoms with E-state index in [1.165, 1.54) is 0 Å². The number of nitrogens with one attached hydrogen (secondary N) is 3. The van der Waals surface area contributed by atoms with Crippen molar-refractivity contribution in [3.05, 3.63) is 114 Å². The number of pyridine rings is 1. The normalized spacial score (nSPS) is 18.4. The van der Waals surface area contributed by atoms with Crippen molar-refractivity contribution < 1.29 is 24.2 Å². The topological polar surface area (TPSA) is 133 Å². The number of aliphatic hydroxyl groups excluding tert-OH is 1. The van der Waals surface area contributed by atoms with E-state index in [0.717, 1.165) is 21.9 Å². The Hall–Kier alpha value is -4.64. The number of aliphatic hydroxyl groups is 1. The molecular weight excluding hydrogens is 654 g/mol. The Morgan fingerprint density at radius 2 is 1.60 bits per heavy atom. The molecule has 1 aliphatic heterocycles. The minimum atomic E-state index is -1.02. The lowest BCUT2D eigenvalue weighted by Gasteiger charge is -2.41. The molecule has 1 fully saturated rings. The second-order valence-corrected chi connectivity index (χ2v) is 15.2. The molecule has 1 aromatic heterocycles. The lowest BCUT2D eigenvalue weighted by molar-refractivity contribution is -0.134. The Morgan fingerprint density at radius 3 is 2.29 bits per heavy atom. The molecule has 0 spiro atoms. The van der Waals surface area contributed by atoms with Gasteiger partial charge < -0.3 is 25.8 Å². The van der Waals surface area contributed by atoms with E-state index in [1.807, 2.05) is 118 Å². The summed E-state index contributed by atoms with van der Waals surface area (Å²) in [5.74, 6) is -1.08. The average molecular weight is 708 g/mol. The van der Waals surface area contributed by atoms with Crippen molar-refractivity contribution in [3.63, 3.8) is 0 Å². The standard InChI is InChI=1S/C42H53N5O5/c1-28(2)38(45-39(49)33-16-15-31-13-9-10-14-32(31)24-33)41(51)44-35(23-29-11-7-6-8-12-29)37(48)26-47-22-19-34(52-27-30-17-20-43-21-18-30)25-36(47)40(50)46-42(3,4)5/h6-18,20-21,24,28,34-38,48H,19,22-23,25-27H2,1-5H3,(H,44,51)(H,45,49)(H,46,50)/t34-,35+,36+,37-,38+/m1/s1. The molecule has 1 saturated heterocycles. The van der Waals surface area contributed by atoms with Crippen LogP contribution in [-0.2, 0) is 27.4 Å². The van der Waals surface area contributed by atoms with Gasteiger partial charge in [-0.2, -0.15) is 0 Å². The van der Waals surface area contributed by atoms with E-state index >= 15 is 0 Å². The van der Waals surface area contributed by atoms with Crippen LogP contribution in [0.3, 0.4) is 0 Å². The van der Waals surface area contributed by atoms with Crippen molar-refractivity contribution in [2.24, 2.45) is 5.92 Å². The summed E-state index contributed by atoms with van der Waals surface area (Å²) >= 11 is 0. The molecule has 4 aromatic rings. The zero-order valence-electron chi connectivity index (χ0n) is 30.9. The largest absolute Gasteiger partial charge is 0.390 e. The average Bonchev–Trinajstić information content (AvgIpc) is 3.12. The minimum absolute atomic E-state index is 0.128. The number of carbonyl (C=O) groups is 3. The third kappa shape index (κ3) is 10.9. The highest BCUT2D eigenvalue weighted by molar-refractivity contribution is 6.00. The first-order valence-electron chi connectivity index (χ1n) is 18.2. The van der Waals surface area contributed by atoms with E-state index in [0.29, 0.717) is 38.0 Å². The Labute approximate surface area is 307 Å². The number of carbonyl (C=O) groups excluding carboxylic acids is 3.